The molecular weight excluding hydrogens is 346 g/mol. The van der Waals surface area contributed by atoms with Crippen LogP contribution < -0.4 is 5.32 Å². The van der Waals surface area contributed by atoms with Crippen LogP contribution in [-0.2, 0) is 14.3 Å². The van der Waals surface area contributed by atoms with Gasteiger partial charge in [0, 0.05) is 10.9 Å². The fourth-order valence-electron chi connectivity index (χ4n) is 5.13. The largest absolute Gasteiger partial charge is 0.455 e. The number of unbranched alkanes of at least 4 members (excludes halogenated alkanes) is 1. The molecule has 4 nitrogen and oxygen atoms in total. The molecule has 4 bridgehead atoms. The van der Waals surface area contributed by atoms with E-state index in [9.17, 15) is 9.59 Å². The summed E-state index contributed by atoms with van der Waals surface area (Å²) in [6.45, 7) is 2.61. The number of hydrogen-bond donors (Lipinski definition) is 1. The van der Waals surface area contributed by atoms with Gasteiger partial charge in [0.1, 0.15) is 0 Å². The van der Waals surface area contributed by atoms with Gasteiger partial charge in [-0.15, -0.1) is 0 Å². The second kappa shape index (κ2) is 6.14. The third-order valence-corrected chi connectivity index (χ3v) is 6.54. The van der Waals surface area contributed by atoms with Crippen molar-refractivity contribution in [2.75, 3.05) is 13.2 Å². The first kappa shape index (κ1) is 16.3. The minimum absolute atomic E-state index is 0.130. The molecule has 4 rings (SSSR count). The number of ether oxygens (including phenoxy) is 1. The average Bonchev–Trinajstić information content (AvgIpc) is 2.42. The Morgan fingerprint density at radius 2 is 1.91 bits per heavy atom. The first-order chi connectivity index (χ1) is 10.4. The molecule has 5 heteroatoms. The molecule has 0 radical (unpaired) electrons. The summed E-state index contributed by atoms with van der Waals surface area (Å²) in [7, 11) is 0. The number of amides is 1. The molecule has 0 aromatic rings. The van der Waals surface area contributed by atoms with Crippen molar-refractivity contribution in [3.8, 4) is 0 Å². The molecule has 22 heavy (non-hydrogen) atoms. The van der Waals surface area contributed by atoms with E-state index in [1.807, 2.05) is 0 Å². The molecule has 0 spiro atoms. The van der Waals surface area contributed by atoms with Gasteiger partial charge in [0.15, 0.2) is 6.61 Å². The predicted molar refractivity (Wildman–Crippen MR) is 87.6 cm³/mol. The topological polar surface area (TPSA) is 55.4 Å². The molecule has 1 amide bonds. The van der Waals surface area contributed by atoms with Crippen molar-refractivity contribution in [1.29, 1.82) is 0 Å². The molecule has 2 unspecified atom stereocenters. The third-order valence-electron chi connectivity index (χ3n) is 5.61. The lowest BCUT2D eigenvalue weighted by molar-refractivity contribution is -0.171. The lowest BCUT2D eigenvalue weighted by Gasteiger charge is -2.58. The zero-order valence-electron chi connectivity index (χ0n) is 13.3. The number of nitrogens with one attached hydrogen (secondary N) is 1. The molecule has 0 saturated heterocycles. The van der Waals surface area contributed by atoms with Crippen LogP contribution in [-0.4, -0.2) is 29.4 Å². The normalized spacial score (nSPS) is 38.8. The number of alkyl halides is 1. The van der Waals surface area contributed by atoms with Crippen LogP contribution in [0.2, 0.25) is 0 Å². The second-order valence-corrected chi connectivity index (χ2v) is 9.35. The summed E-state index contributed by atoms with van der Waals surface area (Å²) in [5.41, 5.74) is -0.336. The molecule has 0 aromatic carbocycles. The summed E-state index contributed by atoms with van der Waals surface area (Å²) >= 11 is 3.90. The van der Waals surface area contributed by atoms with Gasteiger partial charge in [-0.3, -0.25) is 9.59 Å². The van der Waals surface area contributed by atoms with Gasteiger partial charge in [0.25, 0.3) is 5.91 Å². The molecule has 4 aliphatic rings. The first-order valence-electron chi connectivity index (χ1n) is 8.58. The van der Waals surface area contributed by atoms with Gasteiger partial charge in [-0.2, -0.15) is 0 Å². The van der Waals surface area contributed by atoms with Gasteiger partial charge in [0.05, 0.1) is 5.41 Å². The highest BCUT2D eigenvalue weighted by Gasteiger charge is 2.60. The Morgan fingerprint density at radius 3 is 2.50 bits per heavy atom. The fourth-order valence-corrected chi connectivity index (χ4v) is 6.58. The van der Waals surface area contributed by atoms with Crippen LogP contribution in [0.4, 0.5) is 0 Å². The molecule has 4 aliphatic carbocycles. The van der Waals surface area contributed by atoms with Crippen LogP contribution >= 0.6 is 15.9 Å². The van der Waals surface area contributed by atoms with Crippen molar-refractivity contribution in [2.24, 2.45) is 17.3 Å². The van der Waals surface area contributed by atoms with Crippen molar-refractivity contribution in [1.82, 2.24) is 5.32 Å². The smallest absolute Gasteiger partial charge is 0.312 e. The molecule has 0 aliphatic heterocycles. The Bertz CT molecular complexity index is 451. The molecular formula is C17H26BrNO3. The van der Waals surface area contributed by atoms with Gasteiger partial charge in [-0.25, -0.2) is 0 Å². The van der Waals surface area contributed by atoms with Crippen molar-refractivity contribution in [3.63, 3.8) is 0 Å². The Morgan fingerprint density at radius 1 is 1.23 bits per heavy atom. The summed E-state index contributed by atoms with van der Waals surface area (Å²) in [4.78, 5) is 24.4. The van der Waals surface area contributed by atoms with Gasteiger partial charge >= 0.3 is 5.97 Å². The van der Waals surface area contributed by atoms with Crippen molar-refractivity contribution >= 4 is 27.8 Å². The summed E-state index contributed by atoms with van der Waals surface area (Å²) in [5, 5.41) is 2.79. The highest BCUT2D eigenvalue weighted by Crippen LogP contribution is 2.64. The van der Waals surface area contributed by atoms with Crippen LogP contribution in [0.25, 0.3) is 0 Å². The lowest BCUT2D eigenvalue weighted by Crippen LogP contribution is -2.56. The number of halogens is 1. The minimum atomic E-state index is -0.336. The monoisotopic (exact) mass is 371 g/mol. The highest BCUT2D eigenvalue weighted by molar-refractivity contribution is 9.10. The van der Waals surface area contributed by atoms with E-state index >= 15 is 0 Å². The number of rotatable bonds is 6. The predicted octanol–water partition coefficient (Wildman–Crippen LogP) is 3.18. The fraction of sp³-hybridized carbons (Fsp3) is 0.882. The summed E-state index contributed by atoms with van der Waals surface area (Å²) in [6.07, 6.45) is 8.42. The SMILES string of the molecule is CCCCNC(=O)COC(=O)C12CC3CC(CC(Br)(C3)C1)C2. The maximum Gasteiger partial charge on any atom is 0.312 e. The standard InChI is InChI=1S/C17H26BrNO3/c1-2-3-4-19-14(20)10-22-15(21)16-6-12-5-13(7-16)9-17(18,8-12)11-16/h12-13H,2-11H2,1H3,(H,19,20). The molecule has 0 heterocycles. The number of esters is 1. The third kappa shape index (κ3) is 3.19. The van der Waals surface area contributed by atoms with Crippen LogP contribution in [0, 0.1) is 17.3 Å². The van der Waals surface area contributed by atoms with Crippen LogP contribution in [0.1, 0.15) is 58.3 Å². The second-order valence-electron chi connectivity index (χ2n) is 7.67. The van der Waals surface area contributed by atoms with Gasteiger partial charge < -0.3 is 10.1 Å². The molecule has 1 N–H and O–H groups in total. The van der Waals surface area contributed by atoms with Crippen molar-refractivity contribution in [3.05, 3.63) is 0 Å². The van der Waals surface area contributed by atoms with Crippen molar-refractivity contribution in [2.45, 2.75) is 62.6 Å². The van der Waals surface area contributed by atoms with E-state index in [2.05, 4.69) is 28.2 Å². The van der Waals surface area contributed by atoms with Crippen LogP contribution in [0.5, 0.6) is 0 Å². The highest BCUT2D eigenvalue weighted by atomic mass is 79.9. The summed E-state index contributed by atoms with van der Waals surface area (Å²) in [6, 6.07) is 0. The Labute approximate surface area is 140 Å². The molecule has 124 valence electrons. The van der Waals surface area contributed by atoms with E-state index in [-0.39, 0.29) is 28.2 Å². The molecule has 0 aromatic heterocycles. The number of carbonyl (C=O) groups is 2. The average molecular weight is 372 g/mol. The zero-order valence-corrected chi connectivity index (χ0v) is 14.9. The maximum absolute atomic E-state index is 12.7. The van der Waals surface area contributed by atoms with Gasteiger partial charge in [-0.1, -0.05) is 29.3 Å². The maximum atomic E-state index is 12.7. The van der Waals surface area contributed by atoms with Crippen molar-refractivity contribution < 1.29 is 14.3 Å². The first-order valence-corrected chi connectivity index (χ1v) is 9.37. The summed E-state index contributed by atoms with van der Waals surface area (Å²) in [5.74, 6) is 0.967. The van der Waals surface area contributed by atoms with E-state index in [4.69, 9.17) is 4.74 Å². The van der Waals surface area contributed by atoms with Gasteiger partial charge in [-0.05, 0) is 56.8 Å². The molecule has 4 fully saturated rings. The van der Waals surface area contributed by atoms with E-state index in [1.165, 1.54) is 19.3 Å². The minimum Gasteiger partial charge on any atom is -0.455 e. The molecule has 2 atom stereocenters. The zero-order chi connectivity index (χ0) is 15.8. The molecule has 4 saturated carbocycles. The van der Waals surface area contributed by atoms with E-state index < -0.39 is 0 Å². The summed E-state index contributed by atoms with van der Waals surface area (Å²) < 4.78 is 5.53. The van der Waals surface area contributed by atoms with E-state index in [0.29, 0.717) is 18.4 Å². The number of hydrogen-bond acceptors (Lipinski definition) is 3. The number of carbonyl (C=O) groups excluding carboxylic acids is 2. The quantitative estimate of drug-likeness (QED) is 0.443. The Kier molecular flexibility index (Phi) is 4.54. The van der Waals surface area contributed by atoms with Crippen LogP contribution in [0.3, 0.4) is 0 Å². The van der Waals surface area contributed by atoms with E-state index in [1.54, 1.807) is 0 Å². The van der Waals surface area contributed by atoms with Gasteiger partial charge in [0.2, 0.25) is 0 Å². The Hall–Kier alpha value is -0.580. The van der Waals surface area contributed by atoms with Crippen LogP contribution in [0.15, 0.2) is 0 Å². The lowest BCUT2D eigenvalue weighted by atomic mass is 9.49. The van der Waals surface area contributed by atoms with E-state index in [0.717, 1.165) is 32.1 Å². The Balaban J connectivity index is 1.55.